The van der Waals surface area contributed by atoms with Crippen molar-refractivity contribution in [3.63, 3.8) is 0 Å². The molecule has 2 aromatic carbocycles. The Balaban J connectivity index is 2.06. The number of rotatable bonds is 6. The highest BCUT2D eigenvalue weighted by atomic mass is 16.6. The molecule has 1 heterocycles. The predicted octanol–water partition coefficient (Wildman–Crippen LogP) is 4.11. The fourth-order valence-electron chi connectivity index (χ4n) is 2.98. The highest BCUT2D eigenvalue weighted by Crippen LogP contribution is 2.34. The van der Waals surface area contributed by atoms with Gasteiger partial charge in [-0.2, -0.15) is 0 Å². The molecule has 1 unspecified atom stereocenters. The van der Waals surface area contributed by atoms with E-state index in [1.165, 1.54) is 6.07 Å². The maximum absolute atomic E-state index is 12.2. The first-order chi connectivity index (χ1) is 13.4. The number of fused-ring (bicyclic) bond motifs is 1. The van der Waals surface area contributed by atoms with Gasteiger partial charge >= 0.3 is 11.6 Å². The van der Waals surface area contributed by atoms with Gasteiger partial charge < -0.3 is 18.6 Å². The van der Waals surface area contributed by atoms with Crippen LogP contribution in [0.3, 0.4) is 0 Å². The molecule has 0 saturated carbocycles. The first-order valence-corrected chi connectivity index (χ1v) is 8.99. The van der Waals surface area contributed by atoms with Crippen molar-refractivity contribution in [3.05, 3.63) is 58.4 Å². The quantitative estimate of drug-likeness (QED) is 0.472. The van der Waals surface area contributed by atoms with Gasteiger partial charge in [0.2, 0.25) is 0 Å². The maximum Gasteiger partial charge on any atom is 0.347 e. The molecule has 3 aromatic rings. The second kappa shape index (κ2) is 8.17. The van der Waals surface area contributed by atoms with E-state index in [1.807, 2.05) is 30.3 Å². The van der Waals surface area contributed by atoms with E-state index < -0.39 is 17.7 Å². The molecule has 0 aliphatic rings. The van der Waals surface area contributed by atoms with Gasteiger partial charge in [-0.25, -0.2) is 9.59 Å². The van der Waals surface area contributed by atoms with Crippen LogP contribution in [0, 0.1) is 6.92 Å². The van der Waals surface area contributed by atoms with Crippen LogP contribution in [0.1, 0.15) is 19.4 Å². The van der Waals surface area contributed by atoms with Crippen LogP contribution in [0.2, 0.25) is 0 Å². The molecule has 1 aromatic heterocycles. The summed E-state index contributed by atoms with van der Waals surface area (Å²) in [4.78, 5) is 24.0. The summed E-state index contributed by atoms with van der Waals surface area (Å²) < 4.78 is 21.3. The van der Waals surface area contributed by atoms with E-state index in [0.717, 1.165) is 22.3 Å². The van der Waals surface area contributed by atoms with Crippen molar-refractivity contribution in [2.45, 2.75) is 26.9 Å². The van der Waals surface area contributed by atoms with Gasteiger partial charge in [-0.15, -0.1) is 0 Å². The van der Waals surface area contributed by atoms with E-state index >= 15 is 0 Å². The molecule has 0 fully saturated rings. The molecule has 0 radical (unpaired) electrons. The van der Waals surface area contributed by atoms with Crippen molar-refractivity contribution in [1.29, 1.82) is 0 Å². The third-order valence-electron chi connectivity index (χ3n) is 4.43. The summed E-state index contributed by atoms with van der Waals surface area (Å²) in [7, 11) is 1.60. The average Bonchev–Trinajstić information content (AvgIpc) is 2.70. The van der Waals surface area contributed by atoms with Crippen molar-refractivity contribution in [3.8, 4) is 22.6 Å². The fraction of sp³-hybridized carbons (Fsp3) is 0.273. The van der Waals surface area contributed by atoms with Crippen molar-refractivity contribution < 1.29 is 23.4 Å². The number of esters is 1. The minimum absolute atomic E-state index is 0.281. The molecule has 1 atom stereocenters. The Labute approximate surface area is 162 Å². The Morgan fingerprint density at radius 2 is 1.86 bits per heavy atom. The molecule has 6 heteroatoms. The van der Waals surface area contributed by atoms with Gasteiger partial charge in [0.15, 0.2) is 6.10 Å². The van der Waals surface area contributed by atoms with Gasteiger partial charge in [0.05, 0.1) is 13.7 Å². The lowest BCUT2D eigenvalue weighted by molar-refractivity contribution is -0.150. The van der Waals surface area contributed by atoms with E-state index in [2.05, 4.69) is 0 Å². The number of benzene rings is 2. The number of aryl methyl sites for hydroxylation is 1. The Morgan fingerprint density at radius 1 is 1.14 bits per heavy atom. The Morgan fingerprint density at radius 3 is 2.50 bits per heavy atom. The second-order valence-electron chi connectivity index (χ2n) is 6.29. The van der Waals surface area contributed by atoms with Crippen LogP contribution in [-0.2, 0) is 9.53 Å². The van der Waals surface area contributed by atoms with Gasteiger partial charge in [-0.05, 0) is 56.2 Å². The Kier molecular flexibility index (Phi) is 5.68. The molecule has 3 rings (SSSR count). The van der Waals surface area contributed by atoms with Crippen LogP contribution < -0.4 is 15.1 Å². The van der Waals surface area contributed by atoms with Crippen molar-refractivity contribution >= 4 is 16.9 Å². The molecule has 0 spiro atoms. The van der Waals surface area contributed by atoms with Gasteiger partial charge in [-0.1, -0.05) is 12.1 Å². The van der Waals surface area contributed by atoms with E-state index in [-0.39, 0.29) is 6.61 Å². The van der Waals surface area contributed by atoms with Gasteiger partial charge in [0.25, 0.3) is 0 Å². The molecule has 0 bridgehead atoms. The lowest BCUT2D eigenvalue weighted by Crippen LogP contribution is -2.26. The van der Waals surface area contributed by atoms with Gasteiger partial charge in [0, 0.05) is 17.0 Å². The normalized spacial score (nSPS) is 11.9. The standard InChI is InChI=1S/C22H22O6/c1-5-26-22(24)14(3)27-19-11-10-17-18(12-20(23)28-21(17)13(19)2)15-6-8-16(25-4)9-7-15/h6-12,14H,5H2,1-4H3. The topological polar surface area (TPSA) is 75.0 Å². The van der Waals surface area contributed by atoms with Crippen LogP contribution in [0.15, 0.2) is 51.7 Å². The number of carbonyl (C=O) groups excluding carboxylic acids is 1. The summed E-state index contributed by atoms with van der Waals surface area (Å²) in [5.74, 6) is 0.745. The Bertz CT molecular complexity index is 1050. The molecule has 0 aliphatic heterocycles. The maximum atomic E-state index is 12.2. The largest absolute Gasteiger partial charge is 0.497 e. The molecule has 0 amide bonds. The number of ether oxygens (including phenoxy) is 3. The van der Waals surface area contributed by atoms with E-state index in [0.29, 0.717) is 16.9 Å². The molecule has 0 saturated heterocycles. The minimum Gasteiger partial charge on any atom is -0.497 e. The fourth-order valence-corrected chi connectivity index (χ4v) is 2.98. The third-order valence-corrected chi connectivity index (χ3v) is 4.43. The molecule has 0 N–H and O–H groups in total. The van der Waals surface area contributed by atoms with Crippen molar-refractivity contribution in [2.24, 2.45) is 0 Å². The minimum atomic E-state index is -0.771. The van der Waals surface area contributed by atoms with E-state index in [4.69, 9.17) is 18.6 Å². The molecule has 28 heavy (non-hydrogen) atoms. The van der Waals surface area contributed by atoms with Gasteiger partial charge in [0.1, 0.15) is 17.1 Å². The molecular weight excluding hydrogens is 360 g/mol. The number of hydrogen-bond donors (Lipinski definition) is 0. The molecule has 146 valence electrons. The summed E-state index contributed by atoms with van der Waals surface area (Å²) >= 11 is 0. The number of carbonyl (C=O) groups is 1. The summed E-state index contributed by atoms with van der Waals surface area (Å²) in [6.07, 6.45) is -0.771. The van der Waals surface area contributed by atoms with Crippen LogP contribution in [-0.4, -0.2) is 25.8 Å². The van der Waals surface area contributed by atoms with Crippen LogP contribution in [0.5, 0.6) is 11.5 Å². The lowest BCUT2D eigenvalue weighted by Gasteiger charge is -2.16. The zero-order valence-electron chi connectivity index (χ0n) is 16.3. The average molecular weight is 382 g/mol. The predicted molar refractivity (Wildman–Crippen MR) is 106 cm³/mol. The highest BCUT2D eigenvalue weighted by Gasteiger charge is 2.19. The number of hydrogen-bond acceptors (Lipinski definition) is 6. The number of methoxy groups -OCH3 is 1. The van der Waals surface area contributed by atoms with E-state index in [1.54, 1.807) is 33.9 Å². The first kappa shape index (κ1) is 19.5. The Hall–Kier alpha value is -3.28. The van der Waals surface area contributed by atoms with Crippen molar-refractivity contribution in [1.82, 2.24) is 0 Å². The summed E-state index contributed by atoms with van der Waals surface area (Å²) in [6, 6.07) is 12.5. The summed E-state index contributed by atoms with van der Waals surface area (Å²) in [5, 5.41) is 0.776. The summed E-state index contributed by atoms with van der Waals surface area (Å²) in [5.41, 5.74) is 2.22. The molecular formula is C22H22O6. The second-order valence-corrected chi connectivity index (χ2v) is 6.29. The monoisotopic (exact) mass is 382 g/mol. The molecule has 0 aliphatic carbocycles. The SMILES string of the molecule is CCOC(=O)C(C)Oc1ccc2c(-c3ccc(OC)cc3)cc(=O)oc2c1C. The van der Waals surface area contributed by atoms with Crippen LogP contribution in [0.4, 0.5) is 0 Å². The zero-order valence-corrected chi connectivity index (χ0v) is 16.3. The smallest absolute Gasteiger partial charge is 0.347 e. The van der Waals surface area contributed by atoms with Crippen LogP contribution >= 0.6 is 0 Å². The highest BCUT2D eigenvalue weighted by molar-refractivity contribution is 5.95. The first-order valence-electron chi connectivity index (χ1n) is 8.99. The van der Waals surface area contributed by atoms with Crippen molar-refractivity contribution in [2.75, 3.05) is 13.7 Å². The lowest BCUT2D eigenvalue weighted by atomic mass is 10.00. The van der Waals surface area contributed by atoms with Gasteiger partial charge in [-0.3, -0.25) is 0 Å². The zero-order chi connectivity index (χ0) is 20.3. The van der Waals surface area contributed by atoms with Crippen LogP contribution in [0.25, 0.3) is 22.1 Å². The third kappa shape index (κ3) is 3.86. The van der Waals surface area contributed by atoms with E-state index in [9.17, 15) is 9.59 Å². The summed E-state index contributed by atoms with van der Waals surface area (Å²) in [6.45, 7) is 5.42. The molecule has 6 nitrogen and oxygen atoms in total.